The quantitative estimate of drug-likeness (QED) is 0.0300. The van der Waals surface area contributed by atoms with Crippen molar-refractivity contribution in [2.75, 3.05) is 18.5 Å². The van der Waals surface area contributed by atoms with Gasteiger partial charge in [-0.25, -0.2) is 4.39 Å². The first kappa shape index (κ1) is 43.5. The highest BCUT2D eigenvalue weighted by molar-refractivity contribution is 6.11. The molecule has 1 amide bonds. The number of nitrogens with one attached hydrogen (secondary N) is 1. The van der Waals surface area contributed by atoms with Crippen molar-refractivity contribution in [1.82, 2.24) is 4.57 Å². The van der Waals surface area contributed by atoms with Gasteiger partial charge in [-0.15, -0.1) is 20.2 Å². The van der Waals surface area contributed by atoms with Crippen molar-refractivity contribution >= 4 is 23.1 Å². The number of aliphatic hydroxyl groups excluding tert-OH is 2. The summed E-state index contributed by atoms with van der Waals surface area (Å²) in [6, 6.07) is 14.8. The minimum Gasteiger partial charge on any atom is -0.463 e. The Morgan fingerprint density at radius 2 is 1.69 bits per heavy atom. The fourth-order valence-corrected chi connectivity index (χ4v) is 6.10. The van der Waals surface area contributed by atoms with E-state index >= 15 is 0 Å². The molecule has 1 aromatic heterocycles. The van der Waals surface area contributed by atoms with Crippen LogP contribution in [0, 0.1) is 26.0 Å². The first-order chi connectivity index (χ1) is 26.2. The molecule has 2 aromatic carbocycles. The van der Waals surface area contributed by atoms with Crippen molar-refractivity contribution < 1.29 is 48.8 Å². The Hall–Kier alpha value is -5.87. The number of nitrogens with zero attached hydrogens (tertiary/aromatic N) is 3. The van der Waals surface area contributed by atoms with Crippen LogP contribution in [-0.4, -0.2) is 68.4 Å². The van der Waals surface area contributed by atoms with Crippen LogP contribution < -0.4 is 5.32 Å². The lowest BCUT2D eigenvalue weighted by Crippen LogP contribution is -2.27. The molecule has 16 heteroatoms. The standard InChI is InChI=1S/C39H47FN4O11/c1-5-11-27(12-6-2)35-36(39(48)41-30-13-8-7-9-14-30)37(26(3)4)42(38(35)28-16-18-29(40)19-17-28)21-20-31(45)23-32(46)24-34(47)53-25-33(55-44(51)52)15-10-22-54-43(49)50/h5-9,11-14,16-19,26,31-33,45-46H,1,10,15,20-25H2,2-4H3,(H,41,48)/b12-6-,27-11+/t31?,32-,33?/m1/s1. The molecule has 55 heavy (non-hydrogen) atoms. The zero-order chi connectivity index (χ0) is 40.5. The molecule has 0 saturated carbocycles. The number of amides is 1. The molecule has 0 aliphatic carbocycles. The first-order valence-electron chi connectivity index (χ1n) is 17.7. The Balaban J connectivity index is 1.90. The summed E-state index contributed by atoms with van der Waals surface area (Å²) >= 11 is 0. The van der Waals surface area contributed by atoms with Gasteiger partial charge in [0.25, 0.3) is 16.1 Å². The smallest absolute Gasteiger partial charge is 0.308 e. The largest absolute Gasteiger partial charge is 0.463 e. The van der Waals surface area contributed by atoms with Gasteiger partial charge in [-0.3, -0.25) is 9.59 Å². The van der Waals surface area contributed by atoms with E-state index in [-0.39, 0.29) is 50.7 Å². The lowest BCUT2D eigenvalue weighted by molar-refractivity contribution is -0.769. The molecule has 0 saturated heterocycles. The molecule has 0 aliphatic rings. The molecule has 296 valence electrons. The van der Waals surface area contributed by atoms with Crippen LogP contribution in [0.2, 0.25) is 0 Å². The molecule has 3 atom stereocenters. The average molecular weight is 767 g/mol. The first-order valence-corrected chi connectivity index (χ1v) is 17.7. The number of halogens is 1. The Morgan fingerprint density at radius 1 is 1.00 bits per heavy atom. The maximum atomic E-state index is 14.3. The Labute approximate surface area is 317 Å². The van der Waals surface area contributed by atoms with Gasteiger partial charge in [0.15, 0.2) is 0 Å². The van der Waals surface area contributed by atoms with Gasteiger partial charge < -0.3 is 34.5 Å². The van der Waals surface area contributed by atoms with E-state index in [1.54, 1.807) is 48.6 Å². The predicted octanol–water partition coefficient (Wildman–Crippen LogP) is 6.82. The molecule has 0 aliphatic heterocycles. The van der Waals surface area contributed by atoms with Crippen molar-refractivity contribution in [2.45, 2.75) is 83.6 Å². The number of esters is 1. The zero-order valence-electron chi connectivity index (χ0n) is 31.0. The second kappa shape index (κ2) is 21.7. The summed E-state index contributed by atoms with van der Waals surface area (Å²) in [5, 5.41) is 43.9. The van der Waals surface area contributed by atoms with E-state index in [1.807, 2.05) is 43.6 Å². The Morgan fingerprint density at radius 3 is 2.29 bits per heavy atom. The number of ether oxygens (including phenoxy) is 1. The van der Waals surface area contributed by atoms with Crippen molar-refractivity contribution in [3.05, 3.63) is 128 Å². The number of aliphatic hydroxyl groups is 2. The average Bonchev–Trinajstić information content (AvgIpc) is 3.47. The second-order valence-corrected chi connectivity index (χ2v) is 12.8. The van der Waals surface area contributed by atoms with Crippen LogP contribution in [0.15, 0.2) is 85.5 Å². The molecular formula is C39H47FN4O11. The highest BCUT2D eigenvalue weighted by Gasteiger charge is 2.31. The summed E-state index contributed by atoms with van der Waals surface area (Å²) in [5.41, 5.74) is 4.06. The summed E-state index contributed by atoms with van der Waals surface area (Å²) < 4.78 is 21.2. The van der Waals surface area contributed by atoms with Crippen LogP contribution in [0.3, 0.4) is 0 Å². The van der Waals surface area contributed by atoms with Crippen molar-refractivity contribution in [3.8, 4) is 11.3 Å². The SMILES string of the molecule is C=C/C=C(\C=C/C)c1c(C(=O)Nc2ccccc2)c(C(C)C)n(CCC(O)C[C@@H](O)CC(=O)OCC(CCCO[N+](=O)[O-])O[N+](=O)[O-])c1-c1ccc(F)cc1. The van der Waals surface area contributed by atoms with Crippen molar-refractivity contribution in [2.24, 2.45) is 0 Å². The van der Waals surface area contributed by atoms with Crippen LogP contribution in [0.4, 0.5) is 10.1 Å². The number of para-hydroxylation sites is 1. The van der Waals surface area contributed by atoms with Gasteiger partial charge in [-0.1, -0.05) is 62.9 Å². The molecule has 0 spiro atoms. The minimum absolute atomic E-state index is 0.0104. The van der Waals surface area contributed by atoms with E-state index in [0.29, 0.717) is 39.3 Å². The number of hydrogen-bond donors (Lipinski definition) is 3. The van der Waals surface area contributed by atoms with Gasteiger partial charge in [0.05, 0.1) is 36.5 Å². The van der Waals surface area contributed by atoms with Gasteiger partial charge in [-0.2, -0.15) is 0 Å². The van der Waals surface area contributed by atoms with E-state index in [4.69, 9.17) is 4.74 Å². The molecule has 1 heterocycles. The monoisotopic (exact) mass is 766 g/mol. The lowest BCUT2D eigenvalue weighted by Gasteiger charge is -2.20. The summed E-state index contributed by atoms with van der Waals surface area (Å²) in [7, 11) is 0. The summed E-state index contributed by atoms with van der Waals surface area (Å²) in [5.74, 6) is -1.96. The van der Waals surface area contributed by atoms with Crippen molar-refractivity contribution in [3.63, 3.8) is 0 Å². The molecule has 2 unspecified atom stereocenters. The number of carbonyl (C=O) groups excluding carboxylic acids is 2. The lowest BCUT2D eigenvalue weighted by atomic mass is 9.93. The van der Waals surface area contributed by atoms with E-state index in [9.17, 15) is 44.4 Å². The van der Waals surface area contributed by atoms with Gasteiger partial charge in [0.1, 0.15) is 18.5 Å². The predicted molar refractivity (Wildman–Crippen MR) is 202 cm³/mol. The molecule has 3 N–H and O–H groups in total. The van der Waals surface area contributed by atoms with Gasteiger partial charge in [-0.05, 0) is 86.1 Å². The molecule has 15 nitrogen and oxygen atoms in total. The number of rotatable bonds is 23. The van der Waals surface area contributed by atoms with Crippen LogP contribution in [0.25, 0.3) is 16.8 Å². The fraction of sp³-hybridized carbons (Fsp3) is 0.385. The maximum absolute atomic E-state index is 14.3. The van der Waals surface area contributed by atoms with Crippen LogP contribution in [0.1, 0.15) is 80.4 Å². The third-order valence-corrected chi connectivity index (χ3v) is 8.32. The Kier molecular flexibility index (Phi) is 17.2. The molecule has 3 aromatic rings. The van der Waals surface area contributed by atoms with E-state index in [0.717, 1.165) is 0 Å². The van der Waals surface area contributed by atoms with Crippen LogP contribution in [-0.2, 0) is 25.8 Å². The summed E-state index contributed by atoms with van der Waals surface area (Å²) in [6.07, 6.45) is 2.57. The summed E-state index contributed by atoms with van der Waals surface area (Å²) in [6.45, 7) is 8.84. The van der Waals surface area contributed by atoms with E-state index in [2.05, 4.69) is 21.6 Å². The van der Waals surface area contributed by atoms with Gasteiger partial charge in [0, 0.05) is 23.5 Å². The Bertz CT molecular complexity index is 1820. The molecule has 0 radical (unpaired) electrons. The van der Waals surface area contributed by atoms with Crippen molar-refractivity contribution in [1.29, 1.82) is 0 Å². The molecule has 0 bridgehead atoms. The molecule has 3 rings (SSSR count). The number of carbonyl (C=O) groups is 2. The third kappa shape index (κ3) is 13.5. The number of allylic oxidation sites excluding steroid dienone is 5. The van der Waals surface area contributed by atoms with E-state index in [1.165, 1.54) is 12.1 Å². The zero-order valence-corrected chi connectivity index (χ0v) is 31.0. The number of aromatic nitrogens is 1. The highest BCUT2D eigenvalue weighted by atomic mass is 19.1. The fourth-order valence-electron chi connectivity index (χ4n) is 6.10. The molecular weight excluding hydrogens is 719 g/mol. The number of benzene rings is 2. The topological polar surface area (TPSA) is 206 Å². The van der Waals surface area contributed by atoms with Gasteiger partial charge in [0.2, 0.25) is 0 Å². The van der Waals surface area contributed by atoms with Crippen LogP contribution >= 0.6 is 0 Å². The minimum atomic E-state index is -1.35. The highest BCUT2D eigenvalue weighted by Crippen LogP contribution is 2.41. The summed E-state index contributed by atoms with van der Waals surface area (Å²) in [4.78, 5) is 56.6. The third-order valence-electron chi connectivity index (χ3n) is 8.32. The van der Waals surface area contributed by atoms with Gasteiger partial charge >= 0.3 is 5.97 Å². The normalized spacial score (nSPS) is 13.3. The van der Waals surface area contributed by atoms with E-state index < -0.39 is 53.3 Å². The maximum Gasteiger partial charge on any atom is 0.308 e. The molecule has 0 fully saturated rings. The van der Waals surface area contributed by atoms with Crippen LogP contribution in [0.5, 0.6) is 0 Å². The second-order valence-electron chi connectivity index (χ2n) is 12.8. The number of anilines is 1. The number of hydrogen-bond acceptors (Lipinski definition) is 11.